The first-order chi connectivity index (χ1) is 10.9. The largest absolute Gasteiger partial charge is 0.831 e. The van der Waals surface area contributed by atoms with Crippen LogP contribution in [-0.4, -0.2) is 33.3 Å². The molecule has 1 saturated carbocycles. The molecule has 0 radical (unpaired) electrons. The van der Waals surface area contributed by atoms with Gasteiger partial charge in [-0.15, -0.1) is 19.9 Å². The minimum absolute atomic E-state index is 0.136. The van der Waals surface area contributed by atoms with Gasteiger partial charge in [0.25, 0.3) is 0 Å². The molecule has 0 atom stereocenters. The standard InChI is InChI=1S/C14H21BN4O3/c1-2-4-8-14(9-5-3-1)20-15(21-18-12-6-10-16-18)22-19-13-7-11-17-19/h6-7,10-14H,1-5,8-9H2. The van der Waals surface area contributed by atoms with E-state index in [0.29, 0.717) is 0 Å². The molecule has 22 heavy (non-hydrogen) atoms. The van der Waals surface area contributed by atoms with E-state index < -0.39 is 7.32 Å². The van der Waals surface area contributed by atoms with Crippen LogP contribution in [0.25, 0.3) is 0 Å². The van der Waals surface area contributed by atoms with Crippen LogP contribution in [0.4, 0.5) is 0 Å². The Hall–Kier alpha value is -1.96. The van der Waals surface area contributed by atoms with Crippen LogP contribution < -0.4 is 9.51 Å². The highest BCUT2D eigenvalue weighted by Gasteiger charge is 2.33. The molecule has 0 aromatic carbocycles. The summed E-state index contributed by atoms with van der Waals surface area (Å²) in [5.74, 6) is 0. The predicted octanol–water partition coefficient (Wildman–Crippen LogP) is 1.75. The van der Waals surface area contributed by atoms with Crippen molar-refractivity contribution in [3.8, 4) is 0 Å². The summed E-state index contributed by atoms with van der Waals surface area (Å²) in [5.41, 5.74) is 0. The minimum Gasteiger partial charge on any atom is -0.393 e. The van der Waals surface area contributed by atoms with Crippen molar-refractivity contribution in [3.63, 3.8) is 0 Å². The van der Waals surface area contributed by atoms with E-state index in [1.165, 1.54) is 41.8 Å². The molecule has 1 aliphatic rings. The summed E-state index contributed by atoms with van der Waals surface area (Å²) >= 11 is 0. The quantitative estimate of drug-likeness (QED) is 0.761. The van der Waals surface area contributed by atoms with Gasteiger partial charge >= 0.3 is 7.32 Å². The molecular formula is C14H21BN4O3. The Morgan fingerprint density at radius 1 is 0.818 bits per heavy atom. The van der Waals surface area contributed by atoms with Gasteiger partial charge in [0.05, 0.1) is 24.8 Å². The number of hydrogen-bond acceptors (Lipinski definition) is 5. The molecule has 3 rings (SSSR count). The summed E-state index contributed by atoms with van der Waals surface area (Å²) < 4.78 is 17.2. The lowest BCUT2D eigenvalue weighted by atomic mass is 9.97. The van der Waals surface area contributed by atoms with Gasteiger partial charge in [0.1, 0.15) is 0 Å². The smallest absolute Gasteiger partial charge is 0.393 e. The molecule has 0 saturated heterocycles. The topological polar surface area (TPSA) is 63.3 Å². The van der Waals surface area contributed by atoms with E-state index in [1.54, 1.807) is 36.9 Å². The fourth-order valence-electron chi connectivity index (χ4n) is 2.59. The lowest BCUT2D eigenvalue weighted by Gasteiger charge is -2.22. The van der Waals surface area contributed by atoms with Crippen LogP contribution in [-0.2, 0) is 4.65 Å². The fraction of sp³-hybridized carbons (Fsp3) is 0.571. The predicted molar refractivity (Wildman–Crippen MR) is 80.6 cm³/mol. The average molecular weight is 304 g/mol. The number of aromatic nitrogens is 4. The highest BCUT2D eigenvalue weighted by atomic mass is 16.9. The second kappa shape index (κ2) is 7.88. The molecule has 0 bridgehead atoms. The second-order valence-corrected chi connectivity index (χ2v) is 5.42. The first kappa shape index (κ1) is 15.0. The molecule has 2 aromatic heterocycles. The molecule has 0 N–H and O–H groups in total. The zero-order valence-corrected chi connectivity index (χ0v) is 12.6. The Bertz CT molecular complexity index is 476. The molecule has 2 heterocycles. The van der Waals surface area contributed by atoms with Crippen molar-refractivity contribution in [2.45, 2.75) is 51.0 Å². The Morgan fingerprint density at radius 3 is 1.86 bits per heavy atom. The summed E-state index contributed by atoms with van der Waals surface area (Å²) in [7, 11) is -0.885. The van der Waals surface area contributed by atoms with Gasteiger partial charge in [-0.25, -0.2) is 0 Å². The molecule has 7 nitrogen and oxygen atoms in total. The number of rotatable bonds is 6. The van der Waals surface area contributed by atoms with E-state index in [9.17, 15) is 0 Å². The first-order valence-corrected chi connectivity index (χ1v) is 7.89. The van der Waals surface area contributed by atoms with Crippen molar-refractivity contribution in [2.75, 3.05) is 0 Å². The zero-order chi connectivity index (χ0) is 15.0. The van der Waals surface area contributed by atoms with Crippen molar-refractivity contribution in [1.29, 1.82) is 0 Å². The van der Waals surface area contributed by atoms with Crippen LogP contribution in [0.15, 0.2) is 36.9 Å². The Balaban J connectivity index is 1.61. The third-order valence-corrected chi connectivity index (χ3v) is 3.70. The maximum absolute atomic E-state index is 6.01. The van der Waals surface area contributed by atoms with Crippen LogP contribution in [0.1, 0.15) is 44.9 Å². The number of nitrogens with zero attached hydrogens (tertiary/aromatic N) is 4. The SMILES string of the molecule is c1cnn(OB(OC2CCCCCCC2)On2cccn2)c1. The first-order valence-electron chi connectivity index (χ1n) is 7.89. The van der Waals surface area contributed by atoms with Gasteiger partial charge in [-0.3, -0.25) is 0 Å². The van der Waals surface area contributed by atoms with E-state index in [1.807, 2.05) is 0 Å². The average Bonchev–Trinajstić information content (AvgIpc) is 3.15. The van der Waals surface area contributed by atoms with Crippen molar-refractivity contribution in [3.05, 3.63) is 36.9 Å². The van der Waals surface area contributed by atoms with Crippen LogP contribution >= 0.6 is 0 Å². The molecule has 118 valence electrons. The van der Waals surface area contributed by atoms with Crippen molar-refractivity contribution in [1.82, 2.24) is 19.9 Å². The molecule has 0 spiro atoms. The van der Waals surface area contributed by atoms with Crippen molar-refractivity contribution < 1.29 is 14.2 Å². The summed E-state index contributed by atoms with van der Waals surface area (Å²) in [6.45, 7) is 0. The molecule has 8 heteroatoms. The van der Waals surface area contributed by atoms with E-state index in [2.05, 4.69) is 10.2 Å². The van der Waals surface area contributed by atoms with Gasteiger partial charge < -0.3 is 14.2 Å². The van der Waals surface area contributed by atoms with Crippen LogP contribution in [0.3, 0.4) is 0 Å². The van der Waals surface area contributed by atoms with Crippen molar-refractivity contribution >= 4 is 7.32 Å². The summed E-state index contributed by atoms with van der Waals surface area (Å²) in [6.07, 6.45) is 15.1. The summed E-state index contributed by atoms with van der Waals surface area (Å²) in [5, 5.41) is 8.03. The Labute approximate surface area is 130 Å². The monoisotopic (exact) mass is 304 g/mol. The van der Waals surface area contributed by atoms with Gasteiger partial charge in [-0.05, 0) is 25.0 Å². The fourth-order valence-corrected chi connectivity index (χ4v) is 2.59. The van der Waals surface area contributed by atoms with Crippen LogP contribution in [0, 0.1) is 0 Å². The van der Waals surface area contributed by atoms with Gasteiger partial charge in [-0.1, -0.05) is 32.1 Å². The van der Waals surface area contributed by atoms with Crippen LogP contribution in [0.5, 0.6) is 0 Å². The van der Waals surface area contributed by atoms with Gasteiger partial charge in [0.15, 0.2) is 0 Å². The molecular weight excluding hydrogens is 283 g/mol. The summed E-state index contributed by atoms with van der Waals surface area (Å²) in [6, 6.07) is 3.56. The lowest BCUT2D eigenvalue weighted by Crippen LogP contribution is -2.45. The maximum Gasteiger partial charge on any atom is 0.831 e. The van der Waals surface area contributed by atoms with E-state index in [4.69, 9.17) is 14.2 Å². The molecule has 0 unspecified atom stereocenters. The third-order valence-electron chi connectivity index (χ3n) is 3.70. The van der Waals surface area contributed by atoms with E-state index >= 15 is 0 Å². The molecule has 1 fully saturated rings. The maximum atomic E-state index is 6.01. The highest BCUT2D eigenvalue weighted by molar-refractivity contribution is 6.36. The third kappa shape index (κ3) is 4.52. The molecule has 0 aliphatic heterocycles. The van der Waals surface area contributed by atoms with Crippen LogP contribution in [0.2, 0.25) is 0 Å². The molecule has 2 aromatic rings. The van der Waals surface area contributed by atoms with Gasteiger partial charge in [-0.2, -0.15) is 0 Å². The number of hydrogen-bond donors (Lipinski definition) is 0. The molecule has 1 aliphatic carbocycles. The molecule has 0 amide bonds. The Kier molecular flexibility index (Phi) is 5.36. The minimum atomic E-state index is -0.885. The van der Waals surface area contributed by atoms with Gasteiger partial charge in [0, 0.05) is 6.10 Å². The van der Waals surface area contributed by atoms with Crippen molar-refractivity contribution in [2.24, 2.45) is 0 Å². The van der Waals surface area contributed by atoms with E-state index in [0.717, 1.165) is 12.8 Å². The van der Waals surface area contributed by atoms with Gasteiger partial charge in [0.2, 0.25) is 0 Å². The zero-order valence-electron chi connectivity index (χ0n) is 12.6. The lowest BCUT2D eigenvalue weighted by molar-refractivity contribution is 0.0212. The van der Waals surface area contributed by atoms with E-state index in [-0.39, 0.29) is 6.10 Å². The Morgan fingerprint density at radius 2 is 1.36 bits per heavy atom. The highest BCUT2D eigenvalue weighted by Crippen LogP contribution is 2.19. The summed E-state index contributed by atoms with van der Waals surface area (Å²) in [4.78, 5) is 2.66. The normalized spacial score (nSPS) is 16.7. The second-order valence-electron chi connectivity index (χ2n) is 5.42.